The van der Waals surface area contributed by atoms with Crippen molar-refractivity contribution in [3.05, 3.63) is 46.4 Å². The zero-order valence-corrected chi connectivity index (χ0v) is 13.4. The molecule has 1 unspecified atom stereocenters. The van der Waals surface area contributed by atoms with Gasteiger partial charge in [0.1, 0.15) is 5.82 Å². The number of rotatable bonds is 2. The van der Waals surface area contributed by atoms with E-state index in [0.29, 0.717) is 30.7 Å². The van der Waals surface area contributed by atoms with E-state index in [4.69, 9.17) is 34.7 Å². The van der Waals surface area contributed by atoms with E-state index in [-0.39, 0.29) is 11.8 Å². The molecule has 1 heterocycles. The van der Waals surface area contributed by atoms with Gasteiger partial charge in [-0.2, -0.15) is 4.98 Å². The van der Waals surface area contributed by atoms with E-state index >= 15 is 0 Å². The van der Waals surface area contributed by atoms with E-state index in [2.05, 4.69) is 9.97 Å². The van der Waals surface area contributed by atoms with Gasteiger partial charge in [0.15, 0.2) is 9.79 Å². The quantitative estimate of drug-likeness (QED) is 0.689. The summed E-state index contributed by atoms with van der Waals surface area (Å²) >= 11 is 10.4. The number of aromatic nitrogens is 2. The van der Waals surface area contributed by atoms with Crippen LogP contribution in [-0.2, 0) is 11.2 Å². The second-order valence-corrected chi connectivity index (χ2v) is 6.79. The van der Waals surface area contributed by atoms with Crippen LogP contribution >= 0.6 is 23.2 Å². The Hall–Kier alpha value is -1.73. The summed E-state index contributed by atoms with van der Waals surface area (Å²) in [6.45, 7) is 0. The SMILES string of the molecule is Nc1nc(N)c2cc([S+]([O-])c3ccc(Cl)c(Cl)c3)ccc2n1. The molecule has 1 atom stereocenters. The highest BCUT2D eigenvalue weighted by Crippen LogP contribution is 2.30. The molecule has 0 aliphatic carbocycles. The Kier molecular flexibility index (Phi) is 4.01. The molecular formula is C14H10Cl2N4OS. The number of hydrogen-bond donors (Lipinski definition) is 2. The fourth-order valence-electron chi connectivity index (χ4n) is 1.99. The summed E-state index contributed by atoms with van der Waals surface area (Å²) in [6.07, 6.45) is 0. The summed E-state index contributed by atoms with van der Waals surface area (Å²) in [5, 5.41) is 1.36. The van der Waals surface area contributed by atoms with E-state index in [1.54, 1.807) is 36.4 Å². The van der Waals surface area contributed by atoms with Crippen LogP contribution in [0.2, 0.25) is 10.0 Å². The van der Waals surface area contributed by atoms with Gasteiger partial charge in [-0.05, 0) is 24.3 Å². The summed E-state index contributed by atoms with van der Waals surface area (Å²) in [6, 6.07) is 9.94. The minimum atomic E-state index is -1.42. The highest BCUT2D eigenvalue weighted by molar-refractivity contribution is 7.91. The van der Waals surface area contributed by atoms with Crippen LogP contribution in [0.25, 0.3) is 10.9 Å². The van der Waals surface area contributed by atoms with Gasteiger partial charge in [-0.1, -0.05) is 23.2 Å². The molecule has 0 saturated carbocycles. The summed E-state index contributed by atoms with van der Waals surface area (Å²) in [7, 11) is 0. The van der Waals surface area contributed by atoms with Gasteiger partial charge in [-0.3, -0.25) is 0 Å². The number of hydrogen-bond acceptors (Lipinski definition) is 5. The monoisotopic (exact) mass is 352 g/mol. The molecular weight excluding hydrogens is 343 g/mol. The summed E-state index contributed by atoms with van der Waals surface area (Å²) in [4.78, 5) is 9.10. The molecule has 1 aromatic heterocycles. The lowest BCUT2D eigenvalue weighted by atomic mass is 10.2. The van der Waals surface area contributed by atoms with Gasteiger partial charge in [-0.25, -0.2) is 4.98 Å². The first kappa shape index (κ1) is 15.2. The Labute approximate surface area is 139 Å². The van der Waals surface area contributed by atoms with Crippen molar-refractivity contribution in [2.45, 2.75) is 9.79 Å². The second-order valence-electron chi connectivity index (χ2n) is 4.49. The van der Waals surface area contributed by atoms with E-state index in [1.165, 1.54) is 0 Å². The number of nitrogen functional groups attached to an aromatic ring is 2. The molecule has 0 spiro atoms. The minimum Gasteiger partial charge on any atom is -0.606 e. The number of anilines is 2. The van der Waals surface area contributed by atoms with E-state index in [9.17, 15) is 4.55 Å². The van der Waals surface area contributed by atoms with Gasteiger partial charge < -0.3 is 16.0 Å². The van der Waals surface area contributed by atoms with Crippen LogP contribution in [-0.4, -0.2) is 14.5 Å². The Morgan fingerprint density at radius 1 is 0.909 bits per heavy atom. The molecule has 3 rings (SSSR count). The third-order valence-electron chi connectivity index (χ3n) is 3.03. The van der Waals surface area contributed by atoms with Crippen molar-refractivity contribution in [3.63, 3.8) is 0 Å². The first-order chi connectivity index (χ1) is 10.5. The van der Waals surface area contributed by atoms with Gasteiger partial charge in [0.2, 0.25) is 5.95 Å². The number of nitrogens with zero attached hydrogens (tertiary/aromatic N) is 2. The van der Waals surface area contributed by atoms with Crippen molar-refractivity contribution < 1.29 is 4.55 Å². The molecule has 0 aliphatic heterocycles. The third kappa shape index (κ3) is 2.78. The third-order valence-corrected chi connectivity index (χ3v) is 5.14. The number of fused-ring (bicyclic) bond motifs is 1. The van der Waals surface area contributed by atoms with Crippen molar-refractivity contribution in [1.82, 2.24) is 9.97 Å². The second kappa shape index (κ2) is 5.81. The maximum absolute atomic E-state index is 12.6. The predicted octanol–water partition coefficient (Wildman–Crippen LogP) is 3.27. The maximum Gasteiger partial charge on any atom is 0.222 e. The van der Waals surface area contributed by atoms with Gasteiger partial charge in [0.25, 0.3) is 0 Å². The lowest BCUT2D eigenvalue weighted by Crippen LogP contribution is -2.04. The van der Waals surface area contributed by atoms with Crippen LogP contribution < -0.4 is 11.5 Å². The molecule has 0 saturated heterocycles. The molecule has 0 radical (unpaired) electrons. The Morgan fingerprint density at radius 3 is 2.32 bits per heavy atom. The maximum atomic E-state index is 12.6. The van der Waals surface area contributed by atoms with Crippen LogP contribution in [0.15, 0.2) is 46.2 Å². The lowest BCUT2D eigenvalue weighted by molar-refractivity contribution is 0.595. The fraction of sp³-hybridized carbons (Fsp3) is 0. The van der Waals surface area contributed by atoms with Crippen LogP contribution in [0, 0.1) is 0 Å². The number of halogens is 2. The zero-order chi connectivity index (χ0) is 15.9. The largest absolute Gasteiger partial charge is 0.606 e. The van der Waals surface area contributed by atoms with E-state index < -0.39 is 11.2 Å². The van der Waals surface area contributed by atoms with E-state index in [0.717, 1.165) is 0 Å². The van der Waals surface area contributed by atoms with Gasteiger partial charge in [0, 0.05) is 28.7 Å². The molecule has 3 aromatic rings. The fourth-order valence-corrected chi connectivity index (χ4v) is 3.46. The normalized spacial score (nSPS) is 12.5. The molecule has 8 heteroatoms. The van der Waals surface area contributed by atoms with Gasteiger partial charge >= 0.3 is 0 Å². The Bertz CT molecular complexity index is 875. The average molecular weight is 353 g/mol. The molecule has 22 heavy (non-hydrogen) atoms. The summed E-state index contributed by atoms with van der Waals surface area (Å²) in [5.74, 6) is 0.346. The standard InChI is InChI=1S/C14H10Cl2N4OS/c15-10-3-1-8(6-11(10)16)22(21)7-2-4-12-9(5-7)13(17)20-14(18)19-12/h1-6H,(H4,17,18,19,20). The Balaban J connectivity index is 2.07. The smallest absolute Gasteiger partial charge is 0.222 e. The molecule has 2 aromatic carbocycles. The zero-order valence-electron chi connectivity index (χ0n) is 11.1. The highest BCUT2D eigenvalue weighted by atomic mass is 35.5. The van der Waals surface area contributed by atoms with Crippen LogP contribution in [0.5, 0.6) is 0 Å². The lowest BCUT2D eigenvalue weighted by Gasteiger charge is -2.11. The van der Waals surface area contributed by atoms with Gasteiger partial charge in [-0.15, -0.1) is 0 Å². The molecule has 0 fully saturated rings. The van der Waals surface area contributed by atoms with Crippen molar-refractivity contribution in [3.8, 4) is 0 Å². The first-order valence-electron chi connectivity index (χ1n) is 6.15. The molecule has 0 aliphatic rings. The summed E-state index contributed by atoms with van der Waals surface area (Å²) in [5.41, 5.74) is 12.0. The average Bonchev–Trinajstić information content (AvgIpc) is 2.49. The number of benzene rings is 2. The first-order valence-corrected chi connectivity index (χ1v) is 8.06. The molecule has 5 nitrogen and oxygen atoms in total. The van der Waals surface area contributed by atoms with E-state index in [1.807, 2.05) is 0 Å². The summed E-state index contributed by atoms with van der Waals surface area (Å²) < 4.78 is 12.6. The number of nitrogens with two attached hydrogens (primary N) is 2. The van der Waals surface area contributed by atoms with Crippen molar-refractivity contribution >= 4 is 57.0 Å². The predicted molar refractivity (Wildman–Crippen MR) is 89.5 cm³/mol. The molecule has 0 bridgehead atoms. The molecule has 0 amide bonds. The Morgan fingerprint density at radius 2 is 1.59 bits per heavy atom. The van der Waals surface area contributed by atoms with Crippen LogP contribution in [0.3, 0.4) is 0 Å². The van der Waals surface area contributed by atoms with Crippen molar-refractivity contribution in [2.24, 2.45) is 0 Å². The highest BCUT2D eigenvalue weighted by Gasteiger charge is 2.18. The van der Waals surface area contributed by atoms with Crippen LogP contribution in [0.4, 0.5) is 11.8 Å². The topological polar surface area (TPSA) is 101 Å². The minimum absolute atomic E-state index is 0.100. The molecule has 4 N–H and O–H groups in total. The van der Waals surface area contributed by atoms with Gasteiger partial charge in [0.05, 0.1) is 15.6 Å². The van der Waals surface area contributed by atoms with Crippen molar-refractivity contribution in [1.29, 1.82) is 0 Å². The van der Waals surface area contributed by atoms with Crippen LogP contribution in [0.1, 0.15) is 0 Å². The van der Waals surface area contributed by atoms with Crippen molar-refractivity contribution in [2.75, 3.05) is 11.5 Å². The molecule has 112 valence electrons.